The highest BCUT2D eigenvalue weighted by Gasteiger charge is 2.51. The Hall–Kier alpha value is -2.60. The molecule has 0 amide bonds. The third-order valence-corrected chi connectivity index (χ3v) is 7.44. The van der Waals surface area contributed by atoms with Crippen molar-refractivity contribution in [1.29, 1.82) is 0 Å². The summed E-state index contributed by atoms with van der Waals surface area (Å²) in [5.41, 5.74) is 1.46. The molecule has 5 atom stereocenters. The number of carbonyl (C=O) groups is 3. The number of esters is 3. The molecule has 212 valence electrons. The second-order valence-electron chi connectivity index (χ2n) is 8.51. The molecule has 1 aliphatic rings. The van der Waals surface area contributed by atoms with Crippen molar-refractivity contribution in [3.8, 4) is 0 Å². The number of benzene rings is 2. The Morgan fingerprint density at radius 2 is 1.15 bits per heavy atom. The maximum atomic E-state index is 13.7. The first-order valence-corrected chi connectivity index (χ1v) is 14.4. The van der Waals surface area contributed by atoms with E-state index < -0.39 is 61.8 Å². The minimum atomic E-state index is -4.21. The Morgan fingerprint density at radius 3 is 1.62 bits per heavy atom. The van der Waals surface area contributed by atoms with Gasteiger partial charge in [0.25, 0.3) is 0 Å². The molecule has 1 aliphatic heterocycles. The van der Waals surface area contributed by atoms with Crippen LogP contribution in [-0.4, -0.2) is 53.9 Å². The molecule has 1 saturated heterocycles. The summed E-state index contributed by atoms with van der Waals surface area (Å²) in [6, 6.07) is 18.0. The fourth-order valence-corrected chi connectivity index (χ4v) is 5.56. The van der Waals surface area contributed by atoms with Crippen LogP contribution in [0.1, 0.15) is 31.9 Å². The third kappa shape index (κ3) is 9.82. The molecule has 39 heavy (non-hydrogen) atoms. The van der Waals surface area contributed by atoms with E-state index in [9.17, 15) is 18.9 Å². The Labute approximate surface area is 234 Å². The molecular formula is C26H30BrO11P. The summed E-state index contributed by atoms with van der Waals surface area (Å²) in [5.74, 6) is -2.10. The zero-order chi connectivity index (χ0) is 28.4. The van der Waals surface area contributed by atoms with Gasteiger partial charge in [-0.25, -0.2) is 4.57 Å². The van der Waals surface area contributed by atoms with E-state index in [-0.39, 0.29) is 13.2 Å². The van der Waals surface area contributed by atoms with Crippen LogP contribution < -0.4 is 0 Å². The van der Waals surface area contributed by atoms with E-state index in [1.165, 1.54) is 6.92 Å². The molecule has 0 spiro atoms. The first-order chi connectivity index (χ1) is 18.6. The van der Waals surface area contributed by atoms with Crippen molar-refractivity contribution in [3.63, 3.8) is 0 Å². The average molecular weight is 629 g/mol. The largest absolute Gasteiger partial charge is 0.475 e. The van der Waals surface area contributed by atoms with Crippen molar-refractivity contribution in [3.05, 3.63) is 71.8 Å². The van der Waals surface area contributed by atoms with Crippen molar-refractivity contribution >= 4 is 41.7 Å². The lowest BCUT2D eigenvalue weighted by molar-refractivity contribution is -0.234. The summed E-state index contributed by atoms with van der Waals surface area (Å²) in [7, 11) is -4.21. The predicted octanol–water partition coefficient (Wildman–Crippen LogP) is 4.46. The van der Waals surface area contributed by atoms with Crippen LogP contribution in [0.3, 0.4) is 0 Å². The molecule has 0 saturated carbocycles. The molecule has 1 heterocycles. The maximum absolute atomic E-state index is 13.7. The molecule has 11 nitrogen and oxygen atoms in total. The fraction of sp³-hybridized carbons (Fsp3) is 0.423. The predicted molar refractivity (Wildman–Crippen MR) is 140 cm³/mol. The van der Waals surface area contributed by atoms with Crippen LogP contribution in [0.15, 0.2) is 60.7 Å². The lowest BCUT2D eigenvalue weighted by Gasteiger charge is -2.42. The van der Waals surface area contributed by atoms with Gasteiger partial charge in [0.15, 0.2) is 23.3 Å². The molecule has 13 heteroatoms. The molecule has 0 N–H and O–H groups in total. The van der Waals surface area contributed by atoms with Gasteiger partial charge in [0.2, 0.25) is 0 Å². The van der Waals surface area contributed by atoms with Crippen LogP contribution in [0.5, 0.6) is 0 Å². The number of hydrogen-bond donors (Lipinski definition) is 0. The molecule has 0 aliphatic carbocycles. The van der Waals surface area contributed by atoms with E-state index >= 15 is 0 Å². The molecule has 2 aromatic carbocycles. The van der Waals surface area contributed by atoms with Crippen LogP contribution in [0.4, 0.5) is 0 Å². The molecule has 2 aromatic rings. The second kappa shape index (κ2) is 14.7. The summed E-state index contributed by atoms with van der Waals surface area (Å²) < 4.78 is 52.5. The van der Waals surface area contributed by atoms with E-state index in [4.69, 9.17) is 32.5 Å². The number of hydrogen-bond acceptors (Lipinski definition) is 11. The van der Waals surface area contributed by atoms with Crippen LogP contribution in [0, 0.1) is 0 Å². The van der Waals surface area contributed by atoms with Gasteiger partial charge in [-0.3, -0.25) is 28.0 Å². The van der Waals surface area contributed by atoms with Crippen LogP contribution in [-0.2, 0) is 64.7 Å². The normalized spacial score (nSPS) is 23.0. The minimum absolute atomic E-state index is 0.0720. The van der Waals surface area contributed by atoms with E-state index in [1.54, 1.807) is 48.5 Å². The highest BCUT2D eigenvalue weighted by molar-refractivity contribution is 9.09. The Bertz CT molecular complexity index is 1100. The van der Waals surface area contributed by atoms with Crippen molar-refractivity contribution in [2.75, 3.05) is 6.61 Å². The molecule has 0 radical (unpaired) electrons. The van der Waals surface area contributed by atoms with Gasteiger partial charge in [-0.2, -0.15) is 0 Å². The standard InChI is InChI=1S/C26H30BrO11P/c1-17(28)35-23-22(38-26(27)25(37-19(3)30)24(23)36-18(2)29)16-34-39(31,32-14-20-10-6-4-7-11-20)33-15-21-12-8-5-9-13-21/h4-13,22-26H,14-16H2,1-3H3/t22?,23-,24+,25?,26+/m0/s1. The zero-order valence-electron chi connectivity index (χ0n) is 21.6. The van der Waals surface area contributed by atoms with Gasteiger partial charge in [-0.1, -0.05) is 76.6 Å². The molecule has 0 aromatic heterocycles. The molecule has 1 fully saturated rings. The minimum Gasteiger partial charge on any atom is -0.456 e. The Morgan fingerprint density at radius 1 is 0.718 bits per heavy atom. The summed E-state index contributed by atoms with van der Waals surface area (Å²) in [6.45, 7) is 2.88. The second-order valence-corrected chi connectivity index (χ2v) is 11.1. The summed E-state index contributed by atoms with van der Waals surface area (Å²) in [5, 5.41) is -0.985. The van der Waals surface area contributed by atoms with Gasteiger partial charge in [-0.15, -0.1) is 0 Å². The van der Waals surface area contributed by atoms with Crippen molar-refractivity contribution < 1.29 is 51.5 Å². The highest BCUT2D eigenvalue weighted by atomic mass is 79.9. The Balaban J connectivity index is 1.81. The van der Waals surface area contributed by atoms with Crippen LogP contribution in [0.2, 0.25) is 0 Å². The van der Waals surface area contributed by atoms with Gasteiger partial charge in [0.1, 0.15) is 6.10 Å². The smallest absolute Gasteiger partial charge is 0.456 e. The lowest BCUT2D eigenvalue weighted by atomic mass is 9.99. The van der Waals surface area contributed by atoms with Gasteiger partial charge in [0.05, 0.1) is 19.8 Å². The number of rotatable bonds is 12. The zero-order valence-corrected chi connectivity index (χ0v) is 24.1. The van der Waals surface area contributed by atoms with Gasteiger partial charge in [0, 0.05) is 20.8 Å². The average Bonchev–Trinajstić information content (AvgIpc) is 2.90. The van der Waals surface area contributed by atoms with Crippen LogP contribution >= 0.6 is 23.8 Å². The van der Waals surface area contributed by atoms with Crippen LogP contribution in [0.25, 0.3) is 0 Å². The van der Waals surface area contributed by atoms with Crippen molar-refractivity contribution in [1.82, 2.24) is 0 Å². The SMILES string of the molecule is CC(=O)OC1[C@H](Br)OC(COP(=O)(OCc2ccccc2)OCc2ccccc2)[C@H](OC(C)=O)[C@H]1OC(C)=O. The molecule has 3 rings (SSSR count). The summed E-state index contributed by atoms with van der Waals surface area (Å²) in [6.07, 6.45) is -4.80. The molecular weight excluding hydrogens is 599 g/mol. The Kier molecular flexibility index (Phi) is 11.7. The van der Waals surface area contributed by atoms with E-state index in [2.05, 4.69) is 15.9 Å². The van der Waals surface area contributed by atoms with E-state index in [1.807, 2.05) is 12.1 Å². The summed E-state index contributed by atoms with van der Waals surface area (Å²) in [4.78, 5) is 35.5. The van der Waals surface area contributed by atoms with E-state index in [0.717, 1.165) is 25.0 Å². The number of carbonyl (C=O) groups excluding carboxylic acids is 3. The first kappa shape index (κ1) is 30.9. The summed E-state index contributed by atoms with van der Waals surface area (Å²) >= 11 is 3.27. The van der Waals surface area contributed by atoms with Gasteiger partial charge in [-0.05, 0) is 11.1 Å². The van der Waals surface area contributed by atoms with Gasteiger partial charge >= 0.3 is 25.7 Å². The van der Waals surface area contributed by atoms with E-state index in [0.29, 0.717) is 0 Å². The first-order valence-electron chi connectivity index (χ1n) is 12.0. The quantitative estimate of drug-likeness (QED) is 0.143. The maximum Gasteiger partial charge on any atom is 0.475 e. The number of phosphoric acid groups is 1. The van der Waals surface area contributed by atoms with Crippen molar-refractivity contribution in [2.45, 2.75) is 63.4 Å². The monoisotopic (exact) mass is 628 g/mol. The lowest BCUT2D eigenvalue weighted by Crippen LogP contribution is -2.60. The third-order valence-electron chi connectivity index (χ3n) is 5.34. The molecule has 0 bridgehead atoms. The number of ether oxygens (including phenoxy) is 4. The number of alkyl halides is 1. The number of phosphoric ester groups is 1. The topological polar surface area (TPSA) is 133 Å². The fourth-order valence-electron chi connectivity index (χ4n) is 3.71. The van der Waals surface area contributed by atoms with Gasteiger partial charge < -0.3 is 18.9 Å². The molecule has 2 unspecified atom stereocenters. The highest BCUT2D eigenvalue weighted by Crippen LogP contribution is 2.51. The number of halogens is 1. The van der Waals surface area contributed by atoms with Crippen molar-refractivity contribution in [2.24, 2.45) is 0 Å².